The van der Waals surface area contributed by atoms with Crippen molar-refractivity contribution < 1.29 is 9.21 Å². The van der Waals surface area contributed by atoms with E-state index in [1.54, 1.807) is 36.9 Å². The van der Waals surface area contributed by atoms with Crippen LogP contribution < -0.4 is 0 Å². The van der Waals surface area contributed by atoms with Crippen molar-refractivity contribution in [3.05, 3.63) is 53.7 Å². The molecule has 0 aliphatic heterocycles. The van der Waals surface area contributed by atoms with E-state index < -0.39 is 0 Å². The molecule has 3 heteroatoms. The molecule has 0 aliphatic carbocycles. The van der Waals surface area contributed by atoms with Gasteiger partial charge in [0, 0.05) is 23.9 Å². The molecule has 0 aliphatic rings. The van der Waals surface area contributed by atoms with E-state index in [9.17, 15) is 4.79 Å². The molecule has 0 amide bonds. The molecule has 2 rings (SSSR count). The van der Waals surface area contributed by atoms with Gasteiger partial charge in [-0.15, -0.1) is 0 Å². The molecule has 2 aromatic rings. The lowest BCUT2D eigenvalue weighted by molar-refractivity contribution is 0.0992. The van der Waals surface area contributed by atoms with Gasteiger partial charge in [-0.3, -0.25) is 9.78 Å². The Labute approximate surface area is 87.8 Å². The first-order valence-electron chi connectivity index (χ1n) is 4.73. The summed E-state index contributed by atoms with van der Waals surface area (Å²) in [5, 5.41) is 0. The topological polar surface area (TPSA) is 43.1 Å². The summed E-state index contributed by atoms with van der Waals surface area (Å²) < 4.78 is 4.91. The van der Waals surface area contributed by atoms with Crippen molar-refractivity contribution in [2.75, 3.05) is 0 Å². The average molecular weight is 201 g/mol. The highest BCUT2D eigenvalue weighted by Crippen LogP contribution is 2.10. The lowest BCUT2D eigenvalue weighted by atomic mass is 10.0. The van der Waals surface area contributed by atoms with Crippen molar-refractivity contribution in [2.45, 2.75) is 13.3 Å². The predicted octanol–water partition coefficient (Wildman–Crippen LogP) is 2.41. The fourth-order valence-electron chi connectivity index (χ4n) is 1.45. The average Bonchev–Trinajstić information content (AvgIpc) is 2.71. The molecule has 0 bridgehead atoms. The van der Waals surface area contributed by atoms with Crippen LogP contribution in [0.4, 0.5) is 0 Å². The minimum Gasteiger partial charge on any atom is -0.472 e. The molecular weight excluding hydrogens is 190 g/mol. The zero-order chi connectivity index (χ0) is 10.7. The number of aromatic nitrogens is 1. The second kappa shape index (κ2) is 4.09. The Morgan fingerprint density at radius 1 is 1.47 bits per heavy atom. The van der Waals surface area contributed by atoms with E-state index in [1.165, 1.54) is 0 Å². The highest BCUT2D eigenvalue weighted by atomic mass is 16.3. The Kier molecular flexibility index (Phi) is 2.63. The summed E-state index contributed by atoms with van der Waals surface area (Å²) in [5.41, 5.74) is 2.34. The number of aryl methyl sites for hydroxylation is 1. The molecule has 0 atom stereocenters. The van der Waals surface area contributed by atoms with Gasteiger partial charge in [0.25, 0.3) is 0 Å². The standard InChI is InChI=1S/C12H11NO2/c1-9-11(3-2-5-13-9)12(14)7-10-4-6-15-8-10/h2-6,8H,7H2,1H3. The van der Waals surface area contributed by atoms with Gasteiger partial charge in [0.05, 0.1) is 12.5 Å². The molecule has 0 radical (unpaired) electrons. The number of pyridine rings is 1. The Morgan fingerprint density at radius 3 is 3.00 bits per heavy atom. The smallest absolute Gasteiger partial charge is 0.169 e. The second-order valence-corrected chi connectivity index (χ2v) is 3.37. The fraction of sp³-hybridized carbons (Fsp3) is 0.167. The summed E-state index contributed by atoms with van der Waals surface area (Å²) in [7, 11) is 0. The first-order valence-corrected chi connectivity index (χ1v) is 4.73. The third-order valence-corrected chi connectivity index (χ3v) is 2.25. The second-order valence-electron chi connectivity index (χ2n) is 3.37. The maximum atomic E-state index is 11.9. The summed E-state index contributed by atoms with van der Waals surface area (Å²) in [6.45, 7) is 1.84. The molecule has 0 saturated heterocycles. The van der Waals surface area contributed by atoms with Gasteiger partial charge in [-0.2, -0.15) is 0 Å². The van der Waals surface area contributed by atoms with Crippen LogP contribution >= 0.6 is 0 Å². The number of ketones is 1. The molecule has 15 heavy (non-hydrogen) atoms. The number of hydrogen-bond donors (Lipinski definition) is 0. The lowest BCUT2D eigenvalue weighted by Crippen LogP contribution is -2.05. The zero-order valence-electron chi connectivity index (χ0n) is 8.43. The molecule has 0 spiro atoms. The number of nitrogens with zero attached hydrogens (tertiary/aromatic N) is 1. The van der Waals surface area contributed by atoms with Crippen molar-refractivity contribution in [1.82, 2.24) is 4.98 Å². The molecule has 0 aromatic carbocycles. The van der Waals surface area contributed by atoms with E-state index in [1.807, 2.05) is 6.92 Å². The molecule has 2 heterocycles. The number of carbonyl (C=O) groups excluding carboxylic acids is 1. The first kappa shape index (κ1) is 9.65. The quantitative estimate of drug-likeness (QED) is 0.716. The normalized spacial score (nSPS) is 10.2. The Bertz CT molecular complexity index is 460. The summed E-state index contributed by atoms with van der Waals surface area (Å²) >= 11 is 0. The third-order valence-electron chi connectivity index (χ3n) is 2.25. The van der Waals surface area contributed by atoms with Crippen LogP contribution in [0.25, 0.3) is 0 Å². The number of rotatable bonds is 3. The predicted molar refractivity (Wildman–Crippen MR) is 55.7 cm³/mol. The Balaban J connectivity index is 2.19. The van der Waals surface area contributed by atoms with Crippen molar-refractivity contribution in [1.29, 1.82) is 0 Å². The molecule has 3 nitrogen and oxygen atoms in total. The van der Waals surface area contributed by atoms with Gasteiger partial charge in [0.2, 0.25) is 0 Å². The summed E-state index contributed by atoms with van der Waals surface area (Å²) in [5.74, 6) is 0.0713. The Morgan fingerprint density at radius 2 is 2.33 bits per heavy atom. The van der Waals surface area contributed by atoms with Gasteiger partial charge < -0.3 is 4.42 Å². The molecule has 0 saturated carbocycles. The van der Waals surface area contributed by atoms with Gasteiger partial charge in [0.15, 0.2) is 5.78 Å². The van der Waals surface area contributed by atoms with Gasteiger partial charge >= 0.3 is 0 Å². The van der Waals surface area contributed by atoms with Crippen LogP contribution in [0.15, 0.2) is 41.3 Å². The Hall–Kier alpha value is -1.90. The van der Waals surface area contributed by atoms with E-state index in [-0.39, 0.29) is 5.78 Å². The summed E-state index contributed by atoms with van der Waals surface area (Å²) in [4.78, 5) is 15.9. The first-order chi connectivity index (χ1) is 7.27. The number of Topliss-reactive ketones (excluding diaryl/α,β-unsaturated/α-hetero) is 1. The van der Waals surface area contributed by atoms with E-state index in [0.717, 1.165) is 11.3 Å². The largest absolute Gasteiger partial charge is 0.472 e. The highest BCUT2D eigenvalue weighted by molar-refractivity contribution is 5.98. The fourth-order valence-corrected chi connectivity index (χ4v) is 1.45. The van der Waals surface area contributed by atoms with Crippen LogP contribution in [0.1, 0.15) is 21.6 Å². The molecule has 0 fully saturated rings. The molecular formula is C12H11NO2. The van der Waals surface area contributed by atoms with E-state index in [0.29, 0.717) is 12.0 Å². The van der Waals surface area contributed by atoms with Crippen molar-refractivity contribution in [2.24, 2.45) is 0 Å². The maximum Gasteiger partial charge on any atom is 0.169 e. The van der Waals surface area contributed by atoms with Crippen LogP contribution in [0.5, 0.6) is 0 Å². The van der Waals surface area contributed by atoms with Gasteiger partial charge in [-0.25, -0.2) is 0 Å². The minimum absolute atomic E-state index is 0.0713. The van der Waals surface area contributed by atoms with Crippen LogP contribution in [0.2, 0.25) is 0 Å². The monoisotopic (exact) mass is 201 g/mol. The lowest BCUT2D eigenvalue weighted by Gasteiger charge is -2.01. The third kappa shape index (κ3) is 2.13. The van der Waals surface area contributed by atoms with Crippen LogP contribution in [0, 0.1) is 6.92 Å². The molecule has 2 aromatic heterocycles. The van der Waals surface area contributed by atoms with Crippen molar-refractivity contribution in [3.63, 3.8) is 0 Å². The van der Waals surface area contributed by atoms with E-state index in [2.05, 4.69) is 4.98 Å². The SMILES string of the molecule is Cc1ncccc1C(=O)Cc1ccoc1. The van der Waals surface area contributed by atoms with E-state index in [4.69, 9.17) is 4.42 Å². The zero-order valence-corrected chi connectivity index (χ0v) is 8.43. The van der Waals surface area contributed by atoms with Gasteiger partial charge in [-0.05, 0) is 30.7 Å². The van der Waals surface area contributed by atoms with Crippen LogP contribution in [-0.4, -0.2) is 10.8 Å². The van der Waals surface area contributed by atoms with Crippen molar-refractivity contribution in [3.8, 4) is 0 Å². The minimum atomic E-state index is 0.0713. The maximum absolute atomic E-state index is 11.9. The number of furan rings is 1. The van der Waals surface area contributed by atoms with Gasteiger partial charge in [0.1, 0.15) is 0 Å². The van der Waals surface area contributed by atoms with Crippen LogP contribution in [0.3, 0.4) is 0 Å². The molecule has 0 N–H and O–H groups in total. The number of hydrogen-bond acceptors (Lipinski definition) is 3. The molecule has 76 valence electrons. The molecule has 0 unspecified atom stereocenters. The van der Waals surface area contributed by atoms with Crippen LogP contribution in [-0.2, 0) is 6.42 Å². The van der Waals surface area contributed by atoms with Crippen molar-refractivity contribution >= 4 is 5.78 Å². The highest BCUT2D eigenvalue weighted by Gasteiger charge is 2.10. The summed E-state index contributed by atoms with van der Waals surface area (Å²) in [6.07, 6.45) is 5.20. The number of carbonyl (C=O) groups is 1. The summed E-state index contributed by atoms with van der Waals surface area (Å²) in [6, 6.07) is 5.37. The van der Waals surface area contributed by atoms with Gasteiger partial charge in [-0.1, -0.05) is 0 Å². The van der Waals surface area contributed by atoms with E-state index >= 15 is 0 Å².